The van der Waals surface area contributed by atoms with Gasteiger partial charge in [-0.05, 0) is 114 Å². The van der Waals surface area contributed by atoms with Crippen molar-refractivity contribution < 1.29 is 45.0 Å². The third-order valence-corrected chi connectivity index (χ3v) is 10.9. The number of halogens is 4. The van der Waals surface area contributed by atoms with Gasteiger partial charge in [0.1, 0.15) is 28.0 Å². The molecule has 14 heteroatoms. The Labute approximate surface area is 304 Å². The summed E-state index contributed by atoms with van der Waals surface area (Å²) in [6, 6.07) is 24.4. The number of amides is 1. The minimum atomic E-state index is -4.87. The van der Waals surface area contributed by atoms with E-state index in [1.807, 2.05) is 0 Å². The first kappa shape index (κ1) is 37.4. The number of primary amides is 1. The van der Waals surface area contributed by atoms with Crippen molar-refractivity contribution in [2.75, 3.05) is 14.2 Å². The van der Waals surface area contributed by atoms with Gasteiger partial charge >= 0.3 is 6.36 Å². The van der Waals surface area contributed by atoms with Crippen LogP contribution in [-0.2, 0) is 36.1 Å². The first-order chi connectivity index (χ1) is 25.2. The van der Waals surface area contributed by atoms with Gasteiger partial charge in [-0.15, -0.1) is 13.2 Å². The lowest BCUT2D eigenvalue weighted by atomic mass is 10.1. The van der Waals surface area contributed by atoms with E-state index >= 15 is 4.39 Å². The molecular formula is C39H37F4N3O6S. The van der Waals surface area contributed by atoms with E-state index in [0.29, 0.717) is 57.5 Å². The Kier molecular flexibility index (Phi) is 10.8. The van der Waals surface area contributed by atoms with Gasteiger partial charge in [0.2, 0.25) is 10.0 Å². The zero-order valence-corrected chi connectivity index (χ0v) is 29.7. The second kappa shape index (κ2) is 15.3. The number of carbonyl (C=O) groups is 1. The summed E-state index contributed by atoms with van der Waals surface area (Å²) in [6.45, 7) is -0.0941. The van der Waals surface area contributed by atoms with E-state index < -0.39 is 38.8 Å². The van der Waals surface area contributed by atoms with Crippen molar-refractivity contribution in [1.82, 2.24) is 8.87 Å². The largest absolute Gasteiger partial charge is 0.573 e. The third-order valence-electron chi connectivity index (χ3n) is 9.03. The van der Waals surface area contributed by atoms with E-state index in [1.54, 1.807) is 59.2 Å². The topological polar surface area (TPSA) is 113 Å². The lowest BCUT2D eigenvalue weighted by molar-refractivity contribution is -0.274. The highest BCUT2D eigenvalue weighted by Crippen LogP contribution is 2.37. The molecule has 1 aliphatic carbocycles. The van der Waals surface area contributed by atoms with Crippen molar-refractivity contribution >= 4 is 15.9 Å². The maximum absolute atomic E-state index is 16.1. The molecule has 0 aliphatic heterocycles. The number of nitrogens with zero attached hydrogens (tertiary/aromatic N) is 2. The molecule has 53 heavy (non-hydrogen) atoms. The van der Waals surface area contributed by atoms with Crippen molar-refractivity contribution in [3.63, 3.8) is 0 Å². The summed E-state index contributed by atoms with van der Waals surface area (Å²) >= 11 is 0. The van der Waals surface area contributed by atoms with Gasteiger partial charge in [0.25, 0.3) is 5.91 Å². The molecule has 1 fully saturated rings. The molecule has 6 rings (SSSR count). The lowest BCUT2D eigenvalue weighted by Crippen LogP contribution is -2.31. The van der Waals surface area contributed by atoms with E-state index in [9.17, 15) is 26.4 Å². The summed E-state index contributed by atoms with van der Waals surface area (Å²) in [5.74, 6) is -0.566. The number of methoxy groups -OCH3 is 2. The van der Waals surface area contributed by atoms with Crippen molar-refractivity contribution in [1.29, 1.82) is 0 Å². The van der Waals surface area contributed by atoms with Crippen LogP contribution in [0.25, 0.3) is 11.3 Å². The van der Waals surface area contributed by atoms with Crippen LogP contribution in [-0.4, -0.2) is 43.8 Å². The maximum Gasteiger partial charge on any atom is 0.573 e. The molecule has 9 nitrogen and oxygen atoms in total. The van der Waals surface area contributed by atoms with Gasteiger partial charge in [0, 0.05) is 31.0 Å². The molecular weight excluding hydrogens is 715 g/mol. The Bertz CT molecular complexity index is 2130. The van der Waals surface area contributed by atoms with E-state index in [2.05, 4.69) is 4.74 Å². The Morgan fingerprint density at radius 1 is 0.811 bits per heavy atom. The van der Waals surface area contributed by atoms with Crippen molar-refractivity contribution in [3.05, 3.63) is 131 Å². The Balaban J connectivity index is 1.34. The summed E-state index contributed by atoms with van der Waals surface area (Å²) in [5.41, 5.74) is 9.27. The number of aromatic nitrogens is 1. The van der Waals surface area contributed by atoms with Crippen molar-refractivity contribution in [3.8, 4) is 28.5 Å². The van der Waals surface area contributed by atoms with Crippen LogP contribution in [0.4, 0.5) is 17.6 Å². The molecule has 1 aromatic heterocycles. The number of alkyl halides is 3. The van der Waals surface area contributed by atoms with Gasteiger partial charge in [0.05, 0.1) is 19.8 Å². The summed E-state index contributed by atoms with van der Waals surface area (Å²) in [4.78, 5) is 12.1. The average Bonchev–Trinajstić information content (AvgIpc) is 3.88. The number of nitrogens with two attached hydrogens (primary N) is 1. The van der Waals surface area contributed by atoms with E-state index in [0.717, 1.165) is 31.0 Å². The molecule has 4 aromatic carbocycles. The number of ether oxygens (including phenoxy) is 3. The van der Waals surface area contributed by atoms with Gasteiger partial charge in [-0.2, -0.15) is 4.31 Å². The van der Waals surface area contributed by atoms with Crippen LogP contribution in [0.15, 0.2) is 102 Å². The van der Waals surface area contributed by atoms with Crippen LogP contribution in [0, 0.1) is 11.7 Å². The Morgan fingerprint density at radius 3 is 1.81 bits per heavy atom. The molecule has 0 bridgehead atoms. The average molecular weight is 752 g/mol. The van der Waals surface area contributed by atoms with Crippen molar-refractivity contribution in [2.45, 2.75) is 50.2 Å². The van der Waals surface area contributed by atoms with Crippen LogP contribution < -0.4 is 19.9 Å². The summed E-state index contributed by atoms with van der Waals surface area (Å²) in [6.07, 6.45) is -2.46. The molecule has 0 radical (unpaired) electrons. The standard InChI is InChI=1S/C39H37F4N3O6S/c1-50-30-12-5-26(6-13-30)22-45(23-27-7-14-31(51-2)15-8-27)53(48,49)37-18-9-28(19-34(37)40)24-46-35(21-33(38(44)47)36(46)20-25-3-4-25)29-10-16-32(17-11-29)52-39(41,42)43/h5-19,21,25H,3-4,20,22-24H2,1-2H3,(H2,44,47). The summed E-state index contributed by atoms with van der Waals surface area (Å²) in [7, 11) is -1.35. The molecule has 0 saturated heterocycles. The smallest absolute Gasteiger partial charge is 0.497 e. The molecule has 1 aliphatic rings. The number of hydrogen-bond acceptors (Lipinski definition) is 6. The fourth-order valence-electron chi connectivity index (χ4n) is 6.13. The van der Waals surface area contributed by atoms with Crippen LogP contribution in [0.2, 0.25) is 0 Å². The SMILES string of the molecule is COc1ccc(CN(Cc2ccc(OC)cc2)S(=O)(=O)c2ccc(Cn3c(-c4ccc(OC(F)(F)F)cc4)cc(C(N)=O)c3CC3CC3)cc2F)cc1. The number of hydrogen-bond donors (Lipinski definition) is 1. The van der Waals surface area contributed by atoms with Crippen LogP contribution in [0.5, 0.6) is 17.2 Å². The van der Waals surface area contributed by atoms with Crippen LogP contribution in [0.3, 0.4) is 0 Å². The predicted molar refractivity (Wildman–Crippen MR) is 189 cm³/mol. The molecule has 1 amide bonds. The molecule has 0 spiro atoms. The number of rotatable bonds is 15. The molecule has 0 atom stereocenters. The van der Waals surface area contributed by atoms with E-state index in [4.69, 9.17) is 15.2 Å². The number of benzene rings is 4. The number of carbonyl (C=O) groups excluding carboxylic acids is 1. The molecule has 278 valence electrons. The Hall–Kier alpha value is -5.34. The fraction of sp³-hybridized carbons (Fsp3) is 0.256. The summed E-state index contributed by atoms with van der Waals surface area (Å²) in [5, 5.41) is 0. The number of sulfonamides is 1. The highest BCUT2D eigenvalue weighted by atomic mass is 32.2. The van der Waals surface area contributed by atoms with E-state index in [-0.39, 0.29) is 25.2 Å². The predicted octanol–water partition coefficient (Wildman–Crippen LogP) is 7.70. The first-order valence-corrected chi connectivity index (χ1v) is 18.1. The van der Waals surface area contributed by atoms with Gasteiger partial charge in [-0.25, -0.2) is 12.8 Å². The fourth-order valence-corrected chi connectivity index (χ4v) is 7.59. The maximum atomic E-state index is 16.1. The summed E-state index contributed by atoms with van der Waals surface area (Å²) < 4.78 is 100. The molecule has 1 saturated carbocycles. The van der Waals surface area contributed by atoms with Crippen LogP contribution >= 0.6 is 0 Å². The quantitative estimate of drug-likeness (QED) is 0.110. The van der Waals surface area contributed by atoms with Crippen LogP contribution in [0.1, 0.15) is 45.6 Å². The zero-order chi connectivity index (χ0) is 37.9. The monoisotopic (exact) mass is 751 g/mol. The van der Waals surface area contributed by atoms with Gasteiger partial charge in [-0.3, -0.25) is 4.79 Å². The third kappa shape index (κ3) is 9.00. The van der Waals surface area contributed by atoms with E-state index in [1.165, 1.54) is 42.8 Å². The minimum absolute atomic E-state index is 0.0180. The van der Waals surface area contributed by atoms with Gasteiger partial charge < -0.3 is 24.5 Å². The molecule has 5 aromatic rings. The highest BCUT2D eigenvalue weighted by Gasteiger charge is 2.32. The van der Waals surface area contributed by atoms with Gasteiger partial charge in [0.15, 0.2) is 0 Å². The molecule has 0 unspecified atom stereocenters. The lowest BCUT2D eigenvalue weighted by Gasteiger charge is -2.23. The first-order valence-electron chi connectivity index (χ1n) is 16.7. The minimum Gasteiger partial charge on any atom is -0.497 e. The Morgan fingerprint density at radius 2 is 1.34 bits per heavy atom. The zero-order valence-electron chi connectivity index (χ0n) is 28.9. The second-order valence-corrected chi connectivity index (χ2v) is 14.7. The normalized spacial score (nSPS) is 13.3. The highest BCUT2D eigenvalue weighted by molar-refractivity contribution is 7.89. The molecule has 2 N–H and O–H groups in total. The van der Waals surface area contributed by atoms with Crippen molar-refractivity contribution in [2.24, 2.45) is 11.7 Å². The second-order valence-electron chi connectivity index (χ2n) is 12.8. The molecule has 1 heterocycles. The van der Waals surface area contributed by atoms with Gasteiger partial charge in [-0.1, -0.05) is 30.3 Å².